The minimum absolute atomic E-state index is 0.527. The van der Waals surface area contributed by atoms with Crippen LogP contribution >= 0.6 is 0 Å². The van der Waals surface area contributed by atoms with Gasteiger partial charge in [0.1, 0.15) is 5.58 Å². The topological polar surface area (TPSA) is 16.4 Å². The van der Waals surface area contributed by atoms with E-state index in [1.54, 1.807) is 0 Å². The number of fused-ring (bicyclic) bond motifs is 7. The van der Waals surface area contributed by atoms with Crippen molar-refractivity contribution in [2.45, 2.75) is 5.41 Å². The van der Waals surface area contributed by atoms with Crippen molar-refractivity contribution in [3.8, 4) is 33.4 Å². The van der Waals surface area contributed by atoms with Crippen LogP contribution in [0.1, 0.15) is 22.3 Å². The molecular formula is C59H39NO. The van der Waals surface area contributed by atoms with E-state index in [1.807, 2.05) is 6.07 Å². The zero-order valence-corrected chi connectivity index (χ0v) is 33.4. The van der Waals surface area contributed by atoms with E-state index >= 15 is 0 Å². The Kier molecular flexibility index (Phi) is 8.11. The molecule has 1 aliphatic rings. The van der Waals surface area contributed by atoms with E-state index in [-0.39, 0.29) is 0 Å². The molecule has 0 saturated heterocycles. The second-order valence-corrected chi connectivity index (χ2v) is 16.0. The van der Waals surface area contributed by atoms with Gasteiger partial charge in [0.25, 0.3) is 0 Å². The van der Waals surface area contributed by atoms with Gasteiger partial charge >= 0.3 is 0 Å². The van der Waals surface area contributed by atoms with Crippen LogP contribution < -0.4 is 4.90 Å². The van der Waals surface area contributed by atoms with Crippen LogP contribution in [0.5, 0.6) is 0 Å². The highest BCUT2D eigenvalue weighted by Crippen LogP contribution is 2.57. The van der Waals surface area contributed by atoms with Crippen LogP contribution in [0.15, 0.2) is 241 Å². The first kappa shape index (κ1) is 35.0. The van der Waals surface area contributed by atoms with Gasteiger partial charge in [0, 0.05) is 22.1 Å². The molecule has 11 aromatic rings. The first-order valence-corrected chi connectivity index (χ1v) is 21.0. The fourth-order valence-corrected chi connectivity index (χ4v) is 10.1. The Balaban J connectivity index is 1.05. The third-order valence-electron chi connectivity index (χ3n) is 12.7. The third-order valence-corrected chi connectivity index (χ3v) is 12.7. The molecule has 0 aliphatic heterocycles. The van der Waals surface area contributed by atoms with Crippen molar-refractivity contribution in [2.24, 2.45) is 0 Å². The Bertz CT molecular complexity index is 3370. The average Bonchev–Trinajstić information content (AvgIpc) is 3.87. The van der Waals surface area contributed by atoms with E-state index in [2.05, 4.69) is 235 Å². The summed E-state index contributed by atoms with van der Waals surface area (Å²) in [6.07, 6.45) is 0. The molecule has 0 fully saturated rings. The SMILES string of the molecule is c1ccc(C2(c3ccccc3)c3ccccc3-c3ccc(N(c4ccc(-c5cccc(-c6cccc7ccccc67)c5)cc4)c4cccc5c4oc4ccccc45)cc32)cc1. The van der Waals surface area contributed by atoms with Gasteiger partial charge in [0.15, 0.2) is 5.58 Å². The van der Waals surface area contributed by atoms with E-state index in [0.29, 0.717) is 0 Å². The maximum absolute atomic E-state index is 6.77. The number of furan rings is 1. The number of rotatable bonds is 7. The molecule has 1 aromatic heterocycles. The molecule has 1 aliphatic carbocycles. The lowest BCUT2D eigenvalue weighted by molar-refractivity contribution is 0.669. The fraction of sp³-hybridized carbons (Fsp3) is 0.0169. The van der Waals surface area contributed by atoms with E-state index in [0.717, 1.165) is 44.6 Å². The standard InChI is InChI=1S/C59H39NO/c1-3-20-44(21-4-1)59(45-22-5-2-6-23-45)54-29-11-9-25-50(54)51-37-36-47(39-55(51)59)60(56-30-15-28-53-52-26-10-12-31-57(52)61-58(53)56)46-34-32-40(33-35-46)42-18-13-19-43(38-42)49-27-14-17-41-16-7-8-24-48(41)49/h1-39H. The first-order valence-electron chi connectivity index (χ1n) is 21.0. The van der Waals surface area contributed by atoms with Gasteiger partial charge in [-0.2, -0.15) is 0 Å². The molecule has 0 saturated carbocycles. The highest BCUT2D eigenvalue weighted by molar-refractivity contribution is 6.10. The monoisotopic (exact) mass is 777 g/mol. The number of hydrogen-bond acceptors (Lipinski definition) is 2. The number of anilines is 3. The van der Waals surface area contributed by atoms with Crippen LogP contribution in [0.4, 0.5) is 17.1 Å². The molecule has 0 spiro atoms. The normalized spacial score (nSPS) is 12.7. The predicted molar refractivity (Wildman–Crippen MR) is 254 cm³/mol. The molecule has 0 bridgehead atoms. The zero-order chi connectivity index (χ0) is 40.3. The summed E-state index contributed by atoms with van der Waals surface area (Å²) < 4.78 is 6.77. The minimum Gasteiger partial charge on any atom is -0.454 e. The van der Waals surface area contributed by atoms with Crippen LogP contribution in [0, 0.1) is 0 Å². The van der Waals surface area contributed by atoms with Gasteiger partial charge in [-0.15, -0.1) is 0 Å². The van der Waals surface area contributed by atoms with Crippen molar-refractivity contribution in [1.29, 1.82) is 0 Å². The van der Waals surface area contributed by atoms with Crippen molar-refractivity contribution >= 4 is 49.8 Å². The number of benzene rings is 10. The van der Waals surface area contributed by atoms with Gasteiger partial charge in [-0.25, -0.2) is 0 Å². The van der Waals surface area contributed by atoms with Gasteiger partial charge in [-0.3, -0.25) is 0 Å². The Morgan fingerprint density at radius 3 is 1.75 bits per heavy atom. The molecule has 0 N–H and O–H groups in total. The highest BCUT2D eigenvalue weighted by atomic mass is 16.3. The van der Waals surface area contributed by atoms with E-state index in [9.17, 15) is 0 Å². The van der Waals surface area contributed by atoms with Crippen molar-refractivity contribution in [1.82, 2.24) is 0 Å². The van der Waals surface area contributed by atoms with Gasteiger partial charge in [-0.05, 0) is 109 Å². The lowest BCUT2D eigenvalue weighted by Crippen LogP contribution is -2.28. The van der Waals surface area contributed by atoms with E-state index < -0.39 is 5.41 Å². The second-order valence-electron chi connectivity index (χ2n) is 16.0. The molecule has 12 rings (SSSR count). The van der Waals surface area contributed by atoms with Crippen molar-refractivity contribution in [2.75, 3.05) is 4.90 Å². The van der Waals surface area contributed by atoms with Crippen molar-refractivity contribution in [3.05, 3.63) is 259 Å². The summed E-state index contributed by atoms with van der Waals surface area (Å²) >= 11 is 0. The van der Waals surface area contributed by atoms with Crippen LogP contribution in [0.2, 0.25) is 0 Å². The smallest absolute Gasteiger partial charge is 0.159 e. The van der Waals surface area contributed by atoms with Crippen LogP contribution in [0.25, 0.3) is 66.1 Å². The molecule has 61 heavy (non-hydrogen) atoms. The second kappa shape index (κ2) is 14.1. The first-order chi connectivity index (χ1) is 30.3. The largest absolute Gasteiger partial charge is 0.454 e. The van der Waals surface area contributed by atoms with Gasteiger partial charge in [-0.1, -0.05) is 194 Å². The number of hydrogen-bond donors (Lipinski definition) is 0. The molecule has 0 amide bonds. The third kappa shape index (κ3) is 5.50. The Morgan fingerprint density at radius 1 is 0.344 bits per heavy atom. The zero-order valence-electron chi connectivity index (χ0n) is 33.4. The fourth-order valence-electron chi connectivity index (χ4n) is 10.1. The maximum atomic E-state index is 6.77. The Morgan fingerprint density at radius 2 is 0.934 bits per heavy atom. The molecule has 0 radical (unpaired) electrons. The maximum Gasteiger partial charge on any atom is 0.159 e. The summed E-state index contributed by atoms with van der Waals surface area (Å²) in [5, 5.41) is 4.71. The summed E-state index contributed by atoms with van der Waals surface area (Å²) in [7, 11) is 0. The summed E-state index contributed by atoms with van der Waals surface area (Å²) in [5.74, 6) is 0. The van der Waals surface area contributed by atoms with Crippen molar-refractivity contribution in [3.63, 3.8) is 0 Å². The Labute approximate surface area is 355 Å². The van der Waals surface area contributed by atoms with E-state index in [1.165, 1.54) is 60.8 Å². The lowest BCUT2D eigenvalue weighted by Gasteiger charge is -2.35. The average molecular weight is 778 g/mol. The summed E-state index contributed by atoms with van der Waals surface area (Å²) in [6.45, 7) is 0. The molecule has 286 valence electrons. The minimum atomic E-state index is -0.527. The summed E-state index contributed by atoms with van der Waals surface area (Å²) in [5.41, 5.74) is 16.6. The van der Waals surface area contributed by atoms with Crippen LogP contribution in [-0.4, -0.2) is 0 Å². The Hall–Kier alpha value is -7.94. The van der Waals surface area contributed by atoms with Gasteiger partial charge < -0.3 is 9.32 Å². The van der Waals surface area contributed by atoms with E-state index in [4.69, 9.17) is 4.42 Å². The molecule has 2 heteroatoms. The number of para-hydroxylation sites is 2. The van der Waals surface area contributed by atoms with Crippen LogP contribution in [-0.2, 0) is 5.41 Å². The lowest BCUT2D eigenvalue weighted by atomic mass is 9.67. The number of nitrogens with zero attached hydrogens (tertiary/aromatic N) is 1. The van der Waals surface area contributed by atoms with Crippen molar-refractivity contribution < 1.29 is 4.42 Å². The molecular weight excluding hydrogens is 739 g/mol. The molecule has 0 unspecified atom stereocenters. The molecule has 1 heterocycles. The van der Waals surface area contributed by atoms with Gasteiger partial charge in [0.2, 0.25) is 0 Å². The van der Waals surface area contributed by atoms with Gasteiger partial charge in [0.05, 0.1) is 11.1 Å². The molecule has 10 aromatic carbocycles. The summed E-state index contributed by atoms with van der Waals surface area (Å²) in [6, 6.07) is 86.0. The highest BCUT2D eigenvalue weighted by Gasteiger charge is 2.46. The predicted octanol–water partition coefficient (Wildman–Crippen LogP) is 15.9. The van der Waals surface area contributed by atoms with Crippen LogP contribution in [0.3, 0.4) is 0 Å². The molecule has 0 atom stereocenters. The quantitative estimate of drug-likeness (QED) is 0.160. The summed E-state index contributed by atoms with van der Waals surface area (Å²) in [4.78, 5) is 2.38. The molecule has 2 nitrogen and oxygen atoms in total.